The smallest absolute Gasteiger partial charge is 0.342 e. The quantitative estimate of drug-likeness (QED) is 0.608. The number of hydrogen-bond donors (Lipinski definition) is 2. The molecule has 0 bridgehead atoms. The highest BCUT2D eigenvalue weighted by Gasteiger charge is 2.18. The zero-order valence-corrected chi connectivity index (χ0v) is 11.6. The summed E-state index contributed by atoms with van der Waals surface area (Å²) in [5.74, 6) is -0.154. The summed E-state index contributed by atoms with van der Waals surface area (Å²) in [5.41, 5.74) is 5.61. The monoisotopic (exact) mass is 267 g/mol. The molecule has 0 aliphatic carbocycles. The van der Waals surface area contributed by atoms with Crippen molar-refractivity contribution in [2.75, 3.05) is 18.9 Å². The molecular weight excluding hydrogens is 246 g/mol. The van der Waals surface area contributed by atoms with E-state index in [9.17, 15) is 9.90 Å². The van der Waals surface area contributed by atoms with Crippen molar-refractivity contribution in [3.05, 3.63) is 23.8 Å². The number of nitrogen functional groups attached to an aromatic ring is 1. The summed E-state index contributed by atoms with van der Waals surface area (Å²) in [6, 6.07) is 4.94. The summed E-state index contributed by atoms with van der Waals surface area (Å²) in [6.45, 7) is 5.69. The van der Waals surface area contributed by atoms with Crippen molar-refractivity contribution in [1.82, 2.24) is 0 Å². The van der Waals surface area contributed by atoms with Crippen molar-refractivity contribution >= 4 is 11.7 Å². The van der Waals surface area contributed by atoms with Crippen LogP contribution < -0.4 is 10.5 Å². The number of carbonyl (C=O) groups is 1. The van der Waals surface area contributed by atoms with Gasteiger partial charge in [-0.1, -0.05) is 6.07 Å². The number of anilines is 1. The summed E-state index contributed by atoms with van der Waals surface area (Å²) in [6.07, 6.45) is 0.366. The van der Waals surface area contributed by atoms with Crippen LogP contribution in [0.25, 0.3) is 0 Å². The van der Waals surface area contributed by atoms with Crippen LogP contribution in [0.4, 0.5) is 5.69 Å². The maximum Gasteiger partial charge on any atom is 0.342 e. The van der Waals surface area contributed by atoms with Gasteiger partial charge in [-0.25, -0.2) is 4.79 Å². The summed E-state index contributed by atoms with van der Waals surface area (Å²) in [5, 5.41) is 9.55. The molecular formula is C14H21NO4. The fourth-order valence-corrected chi connectivity index (χ4v) is 1.49. The Kier molecular flexibility index (Phi) is 5.18. The molecule has 0 saturated carbocycles. The molecule has 0 aromatic heterocycles. The van der Waals surface area contributed by atoms with Crippen molar-refractivity contribution in [1.29, 1.82) is 0 Å². The number of ether oxygens (including phenoxy) is 2. The normalized spacial score (nSPS) is 11.2. The van der Waals surface area contributed by atoms with Crippen molar-refractivity contribution in [3.63, 3.8) is 0 Å². The van der Waals surface area contributed by atoms with Crippen LogP contribution in [0.15, 0.2) is 18.2 Å². The lowest BCUT2D eigenvalue weighted by Crippen LogP contribution is -2.22. The van der Waals surface area contributed by atoms with E-state index in [0.29, 0.717) is 30.0 Å². The Bertz CT molecular complexity index is 438. The molecule has 0 saturated heterocycles. The van der Waals surface area contributed by atoms with Crippen LogP contribution in [0.3, 0.4) is 0 Å². The second-order valence-electron chi connectivity index (χ2n) is 4.86. The molecule has 0 aliphatic heterocycles. The van der Waals surface area contributed by atoms with Gasteiger partial charge in [-0.3, -0.25) is 0 Å². The molecule has 3 N–H and O–H groups in total. The Labute approximate surface area is 113 Å². The van der Waals surface area contributed by atoms with Crippen LogP contribution >= 0.6 is 0 Å². The molecule has 0 radical (unpaired) electrons. The van der Waals surface area contributed by atoms with E-state index in [1.165, 1.54) is 0 Å². The standard InChI is InChI=1S/C14H21NO4/c1-4-18-12-10(6-5-7-11(12)15)13(16)19-9-8-14(2,3)17/h5-7,17H,4,8-9,15H2,1-3H3. The number of esters is 1. The minimum atomic E-state index is -0.862. The molecule has 0 atom stereocenters. The van der Waals surface area contributed by atoms with Gasteiger partial charge in [0.25, 0.3) is 0 Å². The van der Waals surface area contributed by atoms with Crippen molar-refractivity contribution in [3.8, 4) is 5.75 Å². The first kappa shape index (κ1) is 15.3. The highest BCUT2D eigenvalue weighted by molar-refractivity contribution is 5.94. The predicted octanol–water partition coefficient (Wildman–Crippen LogP) is 1.99. The van der Waals surface area contributed by atoms with Gasteiger partial charge in [-0.05, 0) is 32.9 Å². The van der Waals surface area contributed by atoms with Crippen molar-refractivity contribution < 1.29 is 19.4 Å². The molecule has 1 aromatic carbocycles. The van der Waals surface area contributed by atoms with Crippen LogP contribution in [-0.4, -0.2) is 29.9 Å². The molecule has 5 nitrogen and oxygen atoms in total. The topological polar surface area (TPSA) is 81.8 Å². The maximum atomic E-state index is 11.9. The minimum absolute atomic E-state index is 0.142. The first-order valence-electron chi connectivity index (χ1n) is 6.26. The van der Waals surface area contributed by atoms with Gasteiger partial charge in [-0.15, -0.1) is 0 Å². The lowest BCUT2D eigenvalue weighted by Gasteiger charge is -2.17. The van der Waals surface area contributed by atoms with Crippen molar-refractivity contribution in [2.45, 2.75) is 32.8 Å². The van der Waals surface area contributed by atoms with E-state index in [1.807, 2.05) is 6.92 Å². The third kappa shape index (κ3) is 4.79. The molecule has 0 aliphatic rings. The molecule has 1 rings (SSSR count). The van der Waals surface area contributed by atoms with Gasteiger partial charge in [-0.2, -0.15) is 0 Å². The van der Waals surface area contributed by atoms with E-state index >= 15 is 0 Å². The van der Waals surface area contributed by atoms with Gasteiger partial charge in [0.15, 0.2) is 5.75 Å². The zero-order valence-electron chi connectivity index (χ0n) is 11.6. The van der Waals surface area contributed by atoms with Crippen LogP contribution in [0.2, 0.25) is 0 Å². The summed E-state index contributed by atoms with van der Waals surface area (Å²) >= 11 is 0. The van der Waals surface area contributed by atoms with E-state index < -0.39 is 11.6 Å². The Morgan fingerprint density at radius 3 is 2.68 bits per heavy atom. The molecule has 19 heavy (non-hydrogen) atoms. The lowest BCUT2D eigenvalue weighted by molar-refractivity contribution is 0.0242. The molecule has 0 fully saturated rings. The summed E-state index contributed by atoms with van der Waals surface area (Å²) in [7, 11) is 0. The Morgan fingerprint density at radius 1 is 1.42 bits per heavy atom. The zero-order chi connectivity index (χ0) is 14.5. The third-order valence-corrected chi connectivity index (χ3v) is 2.50. The van der Waals surface area contributed by atoms with Crippen LogP contribution in [0, 0.1) is 0 Å². The van der Waals surface area contributed by atoms with E-state index in [0.717, 1.165) is 0 Å². The molecule has 0 spiro atoms. The molecule has 0 amide bonds. The number of rotatable bonds is 6. The molecule has 5 heteroatoms. The van der Waals surface area contributed by atoms with E-state index in [2.05, 4.69) is 0 Å². The third-order valence-electron chi connectivity index (χ3n) is 2.50. The highest BCUT2D eigenvalue weighted by Crippen LogP contribution is 2.27. The molecule has 0 unspecified atom stereocenters. The lowest BCUT2D eigenvalue weighted by atomic mass is 10.1. The number of para-hydroxylation sites is 1. The van der Waals surface area contributed by atoms with E-state index in [4.69, 9.17) is 15.2 Å². The number of aliphatic hydroxyl groups is 1. The van der Waals surface area contributed by atoms with E-state index in [1.54, 1.807) is 32.0 Å². The molecule has 106 valence electrons. The summed E-state index contributed by atoms with van der Waals surface area (Å²) < 4.78 is 10.5. The Balaban J connectivity index is 2.74. The summed E-state index contributed by atoms with van der Waals surface area (Å²) in [4.78, 5) is 11.9. The maximum absolute atomic E-state index is 11.9. The van der Waals surface area contributed by atoms with Crippen LogP contribution in [0.5, 0.6) is 5.75 Å². The predicted molar refractivity (Wildman–Crippen MR) is 73.2 cm³/mol. The average molecular weight is 267 g/mol. The molecule has 1 aromatic rings. The number of hydrogen-bond acceptors (Lipinski definition) is 5. The number of carbonyl (C=O) groups excluding carboxylic acids is 1. The van der Waals surface area contributed by atoms with Crippen molar-refractivity contribution in [2.24, 2.45) is 0 Å². The first-order valence-corrected chi connectivity index (χ1v) is 6.26. The average Bonchev–Trinajstić information content (AvgIpc) is 2.30. The number of nitrogens with two attached hydrogens (primary N) is 1. The number of benzene rings is 1. The second-order valence-corrected chi connectivity index (χ2v) is 4.86. The van der Waals surface area contributed by atoms with Gasteiger partial charge < -0.3 is 20.3 Å². The first-order chi connectivity index (χ1) is 8.85. The van der Waals surface area contributed by atoms with Crippen LogP contribution in [0.1, 0.15) is 37.6 Å². The fourth-order valence-electron chi connectivity index (χ4n) is 1.49. The van der Waals surface area contributed by atoms with Gasteiger partial charge in [0.1, 0.15) is 5.56 Å². The highest BCUT2D eigenvalue weighted by atomic mass is 16.5. The SMILES string of the molecule is CCOc1c(N)cccc1C(=O)OCCC(C)(C)O. The Morgan fingerprint density at radius 2 is 2.11 bits per heavy atom. The second kappa shape index (κ2) is 6.43. The fraction of sp³-hybridized carbons (Fsp3) is 0.500. The van der Waals surface area contributed by atoms with E-state index in [-0.39, 0.29) is 6.61 Å². The molecule has 0 heterocycles. The van der Waals surface area contributed by atoms with Crippen LogP contribution in [-0.2, 0) is 4.74 Å². The minimum Gasteiger partial charge on any atom is -0.491 e. The Hall–Kier alpha value is -1.75. The largest absolute Gasteiger partial charge is 0.491 e. The van der Waals surface area contributed by atoms with Gasteiger partial charge >= 0.3 is 5.97 Å². The van der Waals surface area contributed by atoms with Gasteiger partial charge in [0.2, 0.25) is 0 Å². The van der Waals surface area contributed by atoms with Gasteiger partial charge in [0, 0.05) is 6.42 Å². The van der Waals surface area contributed by atoms with Gasteiger partial charge in [0.05, 0.1) is 24.5 Å².